The minimum Gasteiger partial charge on any atom is -0.372 e. The summed E-state index contributed by atoms with van der Waals surface area (Å²) in [5.41, 5.74) is -0.0987. The van der Waals surface area contributed by atoms with E-state index in [0.717, 1.165) is 13.1 Å². The van der Waals surface area contributed by atoms with Crippen LogP contribution in [0.15, 0.2) is 16.7 Å². The van der Waals surface area contributed by atoms with Gasteiger partial charge in [0.1, 0.15) is 5.82 Å². The first-order chi connectivity index (χ1) is 5.95. The van der Waals surface area contributed by atoms with E-state index in [0.29, 0.717) is 10.3 Å². The van der Waals surface area contributed by atoms with Gasteiger partial charge in [0.25, 0.3) is 5.92 Å². The smallest absolute Gasteiger partial charge is 0.272 e. The van der Waals surface area contributed by atoms with Crippen LogP contribution in [0.25, 0.3) is 0 Å². The first kappa shape index (κ1) is 10.4. The maximum Gasteiger partial charge on any atom is 0.272 e. The number of pyridine rings is 1. The number of hydrogen-bond acceptors (Lipinski definition) is 2. The summed E-state index contributed by atoms with van der Waals surface area (Å²) in [5, 5.41) is 2.77. The zero-order chi connectivity index (χ0) is 10.1. The Morgan fingerprint density at radius 2 is 2.15 bits per heavy atom. The molecular weight excluding hydrogens is 242 g/mol. The van der Waals surface area contributed by atoms with Crippen molar-refractivity contribution in [3.63, 3.8) is 0 Å². The number of halogens is 3. The maximum atomic E-state index is 12.8. The van der Waals surface area contributed by atoms with Gasteiger partial charge in [-0.15, -0.1) is 0 Å². The van der Waals surface area contributed by atoms with E-state index < -0.39 is 5.92 Å². The lowest BCUT2D eigenvalue weighted by atomic mass is 10.2. The van der Waals surface area contributed by atoms with Crippen LogP contribution in [0.2, 0.25) is 0 Å². The molecule has 1 aromatic rings. The lowest BCUT2D eigenvalue weighted by molar-refractivity contribution is 0.0171. The number of anilines is 1. The molecule has 0 atom stereocenters. The second kappa shape index (κ2) is 3.57. The molecule has 0 aliphatic carbocycles. The zero-order valence-electron chi connectivity index (χ0n) is 7.24. The highest BCUT2D eigenvalue weighted by atomic mass is 79.9. The van der Waals surface area contributed by atoms with Crippen molar-refractivity contribution in [2.45, 2.75) is 12.8 Å². The van der Waals surface area contributed by atoms with Crippen molar-refractivity contribution in [3.8, 4) is 0 Å². The monoisotopic (exact) mass is 250 g/mol. The highest BCUT2D eigenvalue weighted by molar-refractivity contribution is 9.10. The normalized spacial score (nSPS) is 11.5. The Hall–Kier alpha value is -0.710. The fourth-order valence-electron chi connectivity index (χ4n) is 0.862. The van der Waals surface area contributed by atoms with E-state index in [1.807, 2.05) is 0 Å². The van der Waals surface area contributed by atoms with Crippen LogP contribution in [0, 0.1) is 0 Å². The highest BCUT2D eigenvalue weighted by Gasteiger charge is 2.25. The van der Waals surface area contributed by atoms with Crippen LogP contribution >= 0.6 is 15.9 Å². The molecule has 72 valence electrons. The number of aromatic nitrogens is 1. The van der Waals surface area contributed by atoms with Crippen LogP contribution in [0.1, 0.15) is 12.5 Å². The molecule has 0 fully saturated rings. The predicted molar refractivity (Wildman–Crippen MR) is 51.1 cm³/mol. The molecule has 0 aromatic carbocycles. The Kier molecular flexibility index (Phi) is 2.85. The van der Waals surface area contributed by atoms with E-state index in [1.54, 1.807) is 7.05 Å². The molecule has 0 unspecified atom stereocenters. The fourth-order valence-corrected chi connectivity index (χ4v) is 1.41. The van der Waals surface area contributed by atoms with E-state index in [2.05, 4.69) is 26.2 Å². The maximum absolute atomic E-state index is 12.8. The highest BCUT2D eigenvalue weighted by Crippen LogP contribution is 2.30. The molecule has 0 saturated carbocycles. The molecule has 1 aromatic heterocycles. The van der Waals surface area contributed by atoms with Crippen LogP contribution in [0.3, 0.4) is 0 Å². The summed E-state index contributed by atoms with van der Waals surface area (Å²) in [6.07, 6.45) is 1.16. The van der Waals surface area contributed by atoms with Crippen molar-refractivity contribution in [1.82, 2.24) is 4.98 Å². The number of nitrogens with one attached hydrogen (secondary N) is 1. The minimum atomic E-state index is -2.85. The van der Waals surface area contributed by atoms with Crippen molar-refractivity contribution in [2.75, 3.05) is 12.4 Å². The minimum absolute atomic E-state index is 0.0987. The Bertz CT molecular complexity index is 310. The van der Waals surface area contributed by atoms with Gasteiger partial charge in [-0.3, -0.25) is 0 Å². The Morgan fingerprint density at radius 1 is 1.54 bits per heavy atom. The van der Waals surface area contributed by atoms with Gasteiger partial charge < -0.3 is 5.32 Å². The molecule has 1 N–H and O–H groups in total. The van der Waals surface area contributed by atoms with E-state index in [-0.39, 0.29) is 5.56 Å². The van der Waals surface area contributed by atoms with Gasteiger partial charge >= 0.3 is 0 Å². The summed E-state index contributed by atoms with van der Waals surface area (Å²) in [6, 6.07) is 1.36. The summed E-state index contributed by atoms with van der Waals surface area (Å²) in [7, 11) is 1.68. The molecule has 0 amide bonds. The number of rotatable bonds is 2. The second-order valence-electron chi connectivity index (χ2n) is 2.69. The van der Waals surface area contributed by atoms with Crippen molar-refractivity contribution in [1.29, 1.82) is 0 Å². The largest absolute Gasteiger partial charge is 0.372 e. The van der Waals surface area contributed by atoms with Crippen LogP contribution in [-0.2, 0) is 5.92 Å². The van der Waals surface area contributed by atoms with Crippen LogP contribution in [0.5, 0.6) is 0 Å². The lowest BCUT2D eigenvalue weighted by Gasteiger charge is -2.11. The van der Waals surface area contributed by atoms with Gasteiger partial charge in [0.15, 0.2) is 0 Å². The van der Waals surface area contributed by atoms with Gasteiger partial charge in [-0.1, -0.05) is 0 Å². The van der Waals surface area contributed by atoms with Crippen LogP contribution < -0.4 is 5.32 Å². The molecule has 2 nitrogen and oxygen atoms in total. The van der Waals surface area contributed by atoms with Gasteiger partial charge in [-0.2, -0.15) is 0 Å². The average Bonchev–Trinajstić information content (AvgIpc) is 2.02. The molecular formula is C8H9BrF2N2. The van der Waals surface area contributed by atoms with Gasteiger partial charge in [0.2, 0.25) is 0 Å². The van der Waals surface area contributed by atoms with Crippen molar-refractivity contribution >= 4 is 21.7 Å². The third kappa shape index (κ3) is 2.37. The fraction of sp³-hybridized carbons (Fsp3) is 0.375. The molecule has 13 heavy (non-hydrogen) atoms. The van der Waals surface area contributed by atoms with E-state index in [1.165, 1.54) is 6.07 Å². The van der Waals surface area contributed by atoms with E-state index in [9.17, 15) is 8.78 Å². The van der Waals surface area contributed by atoms with Crippen LogP contribution in [0.4, 0.5) is 14.6 Å². The third-order valence-electron chi connectivity index (χ3n) is 1.58. The number of nitrogens with zero attached hydrogens (tertiary/aromatic N) is 1. The van der Waals surface area contributed by atoms with Crippen molar-refractivity contribution in [3.05, 3.63) is 22.3 Å². The van der Waals surface area contributed by atoms with E-state index >= 15 is 0 Å². The first-order valence-corrected chi connectivity index (χ1v) is 4.46. The number of alkyl halides is 2. The Labute approximate surface area is 83.5 Å². The summed E-state index contributed by atoms with van der Waals surface area (Å²) in [6.45, 7) is 0.843. The summed E-state index contributed by atoms with van der Waals surface area (Å²) in [5.74, 6) is -2.30. The van der Waals surface area contributed by atoms with E-state index in [4.69, 9.17) is 0 Å². The molecule has 1 rings (SSSR count). The predicted octanol–water partition coefficient (Wildman–Crippen LogP) is 3.00. The van der Waals surface area contributed by atoms with Gasteiger partial charge in [-0.05, 0) is 22.0 Å². The van der Waals surface area contributed by atoms with Gasteiger partial charge in [-0.25, -0.2) is 13.8 Å². The molecule has 1 heterocycles. The average molecular weight is 251 g/mol. The van der Waals surface area contributed by atoms with Gasteiger partial charge in [0, 0.05) is 25.7 Å². The second-order valence-corrected chi connectivity index (χ2v) is 3.55. The van der Waals surface area contributed by atoms with Crippen LogP contribution in [-0.4, -0.2) is 12.0 Å². The summed E-state index contributed by atoms with van der Waals surface area (Å²) in [4.78, 5) is 3.83. The molecule has 0 radical (unpaired) electrons. The Morgan fingerprint density at radius 3 is 2.54 bits per heavy atom. The molecule has 0 aliphatic heterocycles. The summed E-state index contributed by atoms with van der Waals surface area (Å²) < 4.78 is 26.1. The van der Waals surface area contributed by atoms with Crippen molar-refractivity contribution in [2.24, 2.45) is 0 Å². The molecule has 5 heteroatoms. The number of hydrogen-bond donors (Lipinski definition) is 1. The molecule has 0 bridgehead atoms. The third-order valence-corrected chi connectivity index (χ3v) is 2.19. The zero-order valence-corrected chi connectivity index (χ0v) is 8.82. The summed E-state index contributed by atoms with van der Waals surface area (Å²) >= 11 is 3.14. The topological polar surface area (TPSA) is 24.9 Å². The molecule has 0 saturated heterocycles. The van der Waals surface area contributed by atoms with Gasteiger partial charge in [0.05, 0.1) is 4.47 Å². The molecule has 0 aliphatic rings. The van der Waals surface area contributed by atoms with Crippen molar-refractivity contribution < 1.29 is 8.78 Å². The Balaban J connectivity index is 3.10. The SMILES string of the molecule is CNc1ncc(C(C)(F)F)cc1Br. The molecule has 0 spiro atoms. The standard InChI is InChI=1S/C8H9BrF2N2/c1-8(10,11)5-3-6(9)7(12-2)13-4-5/h3-4H,1-2H3,(H,12,13). The quantitative estimate of drug-likeness (QED) is 0.873. The first-order valence-electron chi connectivity index (χ1n) is 3.66. The lowest BCUT2D eigenvalue weighted by Crippen LogP contribution is -2.08.